The molecular weight excluding hydrogens is 214 g/mol. The van der Waals surface area contributed by atoms with Gasteiger partial charge in [0.1, 0.15) is 5.75 Å². The van der Waals surface area contributed by atoms with Gasteiger partial charge in [-0.05, 0) is 19.9 Å². The van der Waals surface area contributed by atoms with Crippen molar-refractivity contribution in [3.63, 3.8) is 0 Å². The maximum atomic E-state index is 11.7. The van der Waals surface area contributed by atoms with Crippen LogP contribution in [0.3, 0.4) is 0 Å². The summed E-state index contributed by atoms with van der Waals surface area (Å²) in [6.45, 7) is 7.77. The highest BCUT2D eigenvalue weighted by Gasteiger charge is 2.15. The maximum Gasteiger partial charge on any atom is 0.223 e. The van der Waals surface area contributed by atoms with E-state index in [0.717, 1.165) is 16.9 Å². The number of rotatable bonds is 4. The van der Waals surface area contributed by atoms with Crippen LogP contribution in [0.25, 0.3) is 0 Å². The molecule has 1 atom stereocenters. The van der Waals surface area contributed by atoms with E-state index in [4.69, 9.17) is 4.74 Å². The van der Waals surface area contributed by atoms with Crippen molar-refractivity contribution in [2.45, 2.75) is 33.7 Å². The van der Waals surface area contributed by atoms with Crippen LogP contribution >= 0.6 is 0 Å². The van der Waals surface area contributed by atoms with Crippen LogP contribution in [0.5, 0.6) is 5.75 Å². The average molecular weight is 235 g/mol. The smallest absolute Gasteiger partial charge is 0.223 e. The summed E-state index contributed by atoms with van der Waals surface area (Å²) >= 11 is 0. The zero-order chi connectivity index (χ0) is 13.0. The summed E-state index contributed by atoms with van der Waals surface area (Å²) in [5, 5.41) is 2.98. The molecule has 1 amide bonds. The van der Waals surface area contributed by atoms with Crippen LogP contribution in [-0.2, 0) is 4.79 Å². The first-order valence-electron chi connectivity index (χ1n) is 5.90. The third kappa shape index (κ3) is 3.48. The number of ether oxygens (including phenoxy) is 1. The van der Waals surface area contributed by atoms with Gasteiger partial charge in [-0.2, -0.15) is 0 Å². The largest absolute Gasteiger partial charge is 0.496 e. The van der Waals surface area contributed by atoms with Gasteiger partial charge in [0.05, 0.1) is 13.2 Å². The second-order valence-electron chi connectivity index (χ2n) is 4.63. The predicted molar refractivity (Wildman–Crippen MR) is 69.1 cm³/mol. The van der Waals surface area contributed by atoms with Gasteiger partial charge in [-0.25, -0.2) is 0 Å². The molecule has 0 saturated carbocycles. The Hall–Kier alpha value is -1.51. The molecule has 3 heteroatoms. The van der Waals surface area contributed by atoms with Crippen molar-refractivity contribution in [1.29, 1.82) is 0 Å². The van der Waals surface area contributed by atoms with Gasteiger partial charge in [-0.3, -0.25) is 4.79 Å². The van der Waals surface area contributed by atoms with E-state index in [-0.39, 0.29) is 17.9 Å². The third-order valence-corrected chi connectivity index (χ3v) is 2.73. The van der Waals surface area contributed by atoms with Gasteiger partial charge >= 0.3 is 0 Å². The lowest BCUT2D eigenvalue weighted by Gasteiger charge is -2.19. The van der Waals surface area contributed by atoms with Crippen LogP contribution in [0.15, 0.2) is 18.2 Å². The van der Waals surface area contributed by atoms with E-state index in [1.165, 1.54) is 0 Å². The zero-order valence-corrected chi connectivity index (χ0v) is 11.2. The Labute approximate surface area is 103 Å². The molecular formula is C14H21NO2. The second-order valence-corrected chi connectivity index (χ2v) is 4.63. The average Bonchev–Trinajstić information content (AvgIpc) is 2.28. The summed E-state index contributed by atoms with van der Waals surface area (Å²) in [5.41, 5.74) is 2.17. The minimum Gasteiger partial charge on any atom is -0.496 e. The number of methoxy groups -OCH3 is 1. The molecule has 94 valence electrons. The Morgan fingerprint density at radius 1 is 1.29 bits per heavy atom. The molecule has 0 aliphatic rings. The topological polar surface area (TPSA) is 38.3 Å². The summed E-state index contributed by atoms with van der Waals surface area (Å²) < 4.78 is 5.31. The highest BCUT2D eigenvalue weighted by Crippen LogP contribution is 2.26. The fourth-order valence-corrected chi connectivity index (χ4v) is 1.65. The molecule has 1 aromatic carbocycles. The molecule has 0 aromatic heterocycles. The lowest BCUT2D eigenvalue weighted by atomic mass is 10.0. The monoisotopic (exact) mass is 235 g/mol. The number of amides is 1. The van der Waals surface area contributed by atoms with Gasteiger partial charge < -0.3 is 10.1 Å². The fraction of sp³-hybridized carbons (Fsp3) is 0.500. The molecule has 0 aliphatic carbocycles. The van der Waals surface area contributed by atoms with Gasteiger partial charge in [-0.1, -0.05) is 31.5 Å². The first-order valence-corrected chi connectivity index (χ1v) is 5.90. The molecule has 0 heterocycles. The fourth-order valence-electron chi connectivity index (χ4n) is 1.65. The van der Waals surface area contributed by atoms with Crippen LogP contribution < -0.4 is 10.1 Å². The highest BCUT2D eigenvalue weighted by atomic mass is 16.5. The van der Waals surface area contributed by atoms with Gasteiger partial charge in [0.15, 0.2) is 0 Å². The van der Waals surface area contributed by atoms with Crippen LogP contribution in [0, 0.1) is 12.8 Å². The number of aryl methyl sites for hydroxylation is 1. The Morgan fingerprint density at radius 2 is 1.94 bits per heavy atom. The minimum absolute atomic E-state index is 0.00625. The summed E-state index contributed by atoms with van der Waals surface area (Å²) in [5.74, 6) is 0.862. The molecule has 0 unspecified atom stereocenters. The number of hydrogen-bond donors (Lipinski definition) is 1. The minimum atomic E-state index is -0.0419. The Morgan fingerprint density at radius 3 is 2.47 bits per heavy atom. The van der Waals surface area contributed by atoms with Gasteiger partial charge in [-0.15, -0.1) is 0 Å². The van der Waals surface area contributed by atoms with Crippen molar-refractivity contribution in [2.75, 3.05) is 7.11 Å². The molecule has 1 aromatic rings. The standard InChI is InChI=1S/C14H21NO2/c1-9(2)14(16)15-11(4)12-8-10(3)6-7-13(12)17-5/h6-9,11H,1-5H3,(H,15,16)/t11-/m1/s1. The van der Waals surface area contributed by atoms with Crippen molar-refractivity contribution in [3.8, 4) is 5.75 Å². The summed E-state index contributed by atoms with van der Waals surface area (Å²) in [7, 11) is 1.64. The quantitative estimate of drug-likeness (QED) is 0.871. The van der Waals surface area contributed by atoms with Gasteiger partial charge in [0.25, 0.3) is 0 Å². The van der Waals surface area contributed by atoms with Crippen molar-refractivity contribution in [3.05, 3.63) is 29.3 Å². The van der Waals surface area contributed by atoms with E-state index in [2.05, 4.69) is 5.32 Å². The van der Waals surface area contributed by atoms with Crippen LogP contribution in [-0.4, -0.2) is 13.0 Å². The summed E-state index contributed by atoms with van der Waals surface area (Å²) in [6.07, 6.45) is 0. The molecule has 0 radical (unpaired) electrons. The molecule has 3 nitrogen and oxygen atoms in total. The normalized spacial score (nSPS) is 12.4. The van der Waals surface area contributed by atoms with Crippen LogP contribution in [0.2, 0.25) is 0 Å². The van der Waals surface area contributed by atoms with E-state index in [1.807, 2.05) is 45.9 Å². The van der Waals surface area contributed by atoms with E-state index in [9.17, 15) is 4.79 Å². The van der Waals surface area contributed by atoms with Crippen molar-refractivity contribution in [1.82, 2.24) is 5.32 Å². The summed E-state index contributed by atoms with van der Waals surface area (Å²) in [4.78, 5) is 11.7. The van der Waals surface area contributed by atoms with E-state index in [1.54, 1.807) is 7.11 Å². The second kappa shape index (κ2) is 5.71. The third-order valence-electron chi connectivity index (χ3n) is 2.73. The molecule has 0 aliphatic heterocycles. The summed E-state index contributed by atoms with van der Waals surface area (Å²) in [6, 6.07) is 5.94. The van der Waals surface area contributed by atoms with Crippen molar-refractivity contribution < 1.29 is 9.53 Å². The number of carbonyl (C=O) groups is 1. The van der Waals surface area contributed by atoms with Crippen molar-refractivity contribution >= 4 is 5.91 Å². The van der Waals surface area contributed by atoms with E-state index >= 15 is 0 Å². The van der Waals surface area contributed by atoms with E-state index < -0.39 is 0 Å². The van der Waals surface area contributed by atoms with Crippen LogP contribution in [0.1, 0.15) is 37.9 Å². The molecule has 0 bridgehead atoms. The number of carbonyl (C=O) groups excluding carboxylic acids is 1. The Balaban J connectivity index is 2.91. The SMILES string of the molecule is COc1ccc(C)cc1[C@@H](C)NC(=O)C(C)C. The molecule has 0 saturated heterocycles. The maximum absolute atomic E-state index is 11.7. The molecule has 1 rings (SSSR count). The first-order chi connectivity index (χ1) is 7.95. The molecule has 17 heavy (non-hydrogen) atoms. The van der Waals surface area contributed by atoms with E-state index in [0.29, 0.717) is 0 Å². The zero-order valence-electron chi connectivity index (χ0n) is 11.2. The first kappa shape index (κ1) is 13.6. The number of benzene rings is 1. The van der Waals surface area contributed by atoms with Crippen LogP contribution in [0.4, 0.5) is 0 Å². The Bertz CT molecular complexity index is 399. The molecule has 0 spiro atoms. The highest BCUT2D eigenvalue weighted by molar-refractivity contribution is 5.78. The van der Waals surface area contributed by atoms with Gasteiger partial charge in [0, 0.05) is 11.5 Å². The lowest BCUT2D eigenvalue weighted by molar-refractivity contribution is -0.124. The van der Waals surface area contributed by atoms with Gasteiger partial charge in [0.2, 0.25) is 5.91 Å². The van der Waals surface area contributed by atoms with Crippen molar-refractivity contribution in [2.24, 2.45) is 5.92 Å². The number of nitrogens with one attached hydrogen (secondary N) is 1. The molecule has 1 N–H and O–H groups in total. The number of hydrogen-bond acceptors (Lipinski definition) is 2. The Kier molecular flexibility index (Phi) is 4.55. The molecule has 0 fully saturated rings. The lowest BCUT2D eigenvalue weighted by Crippen LogP contribution is -2.30. The predicted octanol–water partition coefficient (Wildman–Crippen LogP) is 2.84.